The van der Waals surface area contributed by atoms with Crippen molar-refractivity contribution in [2.45, 2.75) is 18.3 Å². The van der Waals surface area contributed by atoms with Gasteiger partial charge in [-0.1, -0.05) is 12.1 Å². The average molecular weight is 291 g/mol. The summed E-state index contributed by atoms with van der Waals surface area (Å²) in [6, 6.07) is 7.33. The molecule has 0 aliphatic heterocycles. The van der Waals surface area contributed by atoms with Crippen LogP contribution in [0.2, 0.25) is 0 Å². The van der Waals surface area contributed by atoms with E-state index in [0.717, 1.165) is 18.4 Å². The molecule has 1 aromatic rings. The van der Waals surface area contributed by atoms with Crippen LogP contribution in [0.1, 0.15) is 18.4 Å². The van der Waals surface area contributed by atoms with E-state index in [2.05, 4.69) is 10.6 Å². The van der Waals surface area contributed by atoms with Crippen molar-refractivity contribution >= 4 is 17.5 Å². The number of rotatable bonds is 7. The summed E-state index contributed by atoms with van der Waals surface area (Å²) in [7, 11) is 1.57. The zero-order chi connectivity index (χ0) is 15.3. The number of hydrogen-bond donors (Lipinski definition) is 3. The van der Waals surface area contributed by atoms with E-state index < -0.39 is 5.41 Å². The molecular weight excluding hydrogens is 270 g/mol. The zero-order valence-electron chi connectivity index (χ0n) is 12.1. The molecule has 0 heterocycles. The van der Waals surface area contributed by atoms with E-state index in [4.69, 9.17) is 10.5 Å². The van der Waals surface area contributed by atoms with Crippen molar-refractivity contribution in [1.29, 1.82) is 0 Å². The highest BCUT2D eigenvalue weighted by molar-refractivity contribution is 5.94. The van der Waals surface area contributed by atoms with Gasteiger partial charge in [-0.15, -0.1) is 0 Å². The van der Waals surface area contributed by atoms with Crippen LogP contribution in [0.3, 0.4) is 0 Å². The van der Waals surface area contributed by atoms with Gasteiger partial charge in [0.1, 0.15) is 0 Å². The molecule has 1 aromatic carbocycles. The number of hydrogen-bond acceptors (Lipinski definition) is 4. The van der Waals surface area contributed by atoms with Crippen LogP contribution >= 0.6 is 0 Å². The van der Waals surface area contributed by atoms with Gasteiger partial charge in [0.15, 0.2) is 0 Å². The van der Waals surface area contributed by atoms with Crippen LogP contribution in [0.15, 0.2) is 24.3 Å². The minimum Gasteiger partial charge on any atom is -0.399 e. The fourth-order valence-electron chi connectivity index (χ4n) is 2.26. The van der Waals surface area contributed by atoms with Crippen LogP contribution in [0.4, 0.5) is 5.69 Å². The summed E-state index contributed by atoms with van der Waals surface area (Å²) in [6.07, 6.45) is 1.60. The highest BCUT2D eigenvalue weighted by Crippen LogP contribution is 2.48. The van der Waals surface area contributed by atoms with E-state index in [-0.39, 0.29) is 18.4 Å². The highest BCUT2D eigenvalue weighted by atomic mass is 16.5. The molecule has 0 atom stereocenters. The summed E-state index contributed by atoms with van der Waals surface area (Å²) in [5.41, 5.74) is 6.80. The van der Waals surface area contributed by atoms with Crippen molar-refractivity contribution in [3.63, 3.8) is 0 Å². The summed E-state index contributed by atoms with van der Waals surface area (Å²) < 4.78 is 4.84. The molecule has 1 saturated carbocycles. The van der Waals surface area contributed by atoms with Crippen LogP contribution in [0.5, 0.6) is 0 Å². The van der Waals surface area contributed by atoms with Gasteiger partial charge < -0.3 is 21.1 Å². The standard InChI is InChI=1S/C15H21N3O3/c1-21-9-8-17-13(19)10-18-14(20)15(6-7-15)11-2-4-12(16)5-3-11/h2-5H,6-10,16H2,1H3,(H,17,19)(H,18,20). The topological polar surface area (TPSA) is 93.5 Å². The highest BCUT2D eigenvalue weighted by Gasteiger charge is 2.51. The number of methoxy groups -OCH3 is 1. The van der Waals surface area contributed by atoms with Crippen LogP contribution in [-0.2, 0) is 19.7 Å². The Labute approximate surface area is 124 Å². The van der Waals surface area contributed by atoms with E-state index in [0.29, 0.717) is 18.8 Å². The number of ether oxygens (including phenoxy) is 1. The van der Waals surface area contributed by atoms with Crippen molar-refractivity contribution in [2.75, 3.05) is 32.5 Å². The number of carbonyl (C=O) groups is 2. The van der Waals surface area contributed by atoms with Crippen molar-refractivity contribution in [1.82, 2.24) is 10.6 Å². The molecule has 0 spiro atoms. The molecule has 1 fully saturated rings. The van der Waals surface area contributed by atoms with E-state index >= 15 is 0 Å². The largest absolute Gasteiger partial charge is 0.399 e. The second-order valence-corrected chi connectivity index (χ2v) is 5.23. The Balaban J connectivity index is 1.85. The predicted octanol–water partition coefficient (Wildman–Crippen LogP) is 0.179. The van der Waals surface area contributed by atoms with Crippen LogP contribution < -0.4 is 16.4 Å². The van der Waals surface area contributed by atoms with Crippen molar-refractivity contribution in [2.24, 2.45) is 0 Å². The first-order valence-electron chi connectivity index (χ1n) is 6.98. The molecule has 114 valence electrons. The molecule has 0 saturated heterocycles. The quantitative estimate of drug-likeness (QED) is 0.493. The monoisotopic (exact) mass is 291 g/mol. The first kappa shape index (κ1) is 15.3. The number of nitrogens with two attached hydrogens (primary N) is 1. The van der Waals surface area contributed by atoms with Gasteiger partial charge in [0.25, 0.3) is 0 Å². The van der Waals surface area contributed by atoms with E-state index in [1.165, 1.54) is 0 Å². The normalized spacial score (nSPS) is 15.3. The van der Waals surface area contributed by atoms with Gasteiger partial charge in [0, 0.05) is 19.3 Å². The van der Waals surface area contributed by atoms with Gasteiger partial charge >= 0.3 is 0 Å². The van der Waals surface area contributed by atoms with Gasteiger partial charge in [0.2, 0.25) is 11.8 Å². The molecule has 1 aliphatic rings. The van der Waals surface area contributed by atoms with E-state index in [9.17, 15) is 9.59 Å². The second-order valence-electron chi connectivity index (χ2n) is 5.23. The van der Waals surface area contributed by atoms with Gasteiger partial charge in [-0.2, -0.15) is 0 Å². The lowest BCUT2D eigenvalue weighted by Gasteiger charge is -2.16. The van der Waals surface area contributed by atoms with E-state index in [1.807, 2.05) is 12.1 Å². The molecule has 4 N–H and O–H groups in total. The Hall–Kier alpha value is -2.08. The Bertz CT molecular complexity index is 509. The van der Waals surface area contributed by atoms with Gasteiger partial charge in [-0.05, 0) is 30.5 Å². The average Bonchev–Trinajstić information content (AvgIpc) is 3.27. The first-order valence-corrected chi connectivity index (χ1v) is 6.98. The molecule has 2 amide bonds. The number of nitrogens with one attached hydrogen (secondary N) is 2. The third-order valence-corrected chi connectivity index (χ3v) is 3.69. The molecular formula is C15H21N3O3. The molecule has 6 nitrogen and oxygen atoms in total. The minimum atomic E-state index is -0.486. The Morgan fingerprint density at radius 3 is 2.48 bits per heavy atom. The molecule has 0 radical (unpaired) electrons. The van der Waals surface area contributed by atoms with Crippen molar-refractivity contribution in [3.8, 4) is 0 Å². The molecule has 0 bridgehead atoms. The summed E-state index contributed by atoms with van der Waals surface area (Å²) >= 11 is 0. The first-order chi connectivity index (χ1) is 10.1. The predicted molar refractivity (Wildman–Crippen MR) is 79.7 cm³/mol. The second kappa shape index (κ2) is 6.58. The van der Waals surface area contributed by atoms with Gasteiger partial charge in [0.05, 0.1) is 18.6 Å². The maximum Gasteiger partial charge on any atom is 0.239 e. The maximum atomic E-state index is 12.3. The lowest BCUT2D eigenvalue weighted by atomic mass is 9.95. The Kier molecular flexibility index (Phi) is 4.80. The summed E-state index contributed by atoms with van der Waals surface area (Å²) in [6.45, 7) is 0.878. The van der Waals surface area contributed by atoms with Crippen molar-refractivity contribution < 1.29 is 14.3 Å². The molecule has 2 rings (SSSR count). The summed E-state index contributed by atoms with van der Waals surface area (Å²) in [5.74, 6) is -0.317. The SMILES string of the molecule is COCCNC(=O)CNC(=O)C1(c2ccc(N)cc2)CC1. The Morgan fingerprint density at radius 1 is 1.24 bits per heavy atom. The summed E-state index contributed by atoms with van der Waals surface area (Å²) in [4.78, 5) is 23.9. The maximum absolute atomic E-state index is 12.3. The summed E-state index contributed by atoms with van der Waals surface area (Å²) in [5, 5.41) is 5.37. The molecule has 21 heavy (non-hydrogen) atoms. The number of anilines is 1. The third-order valence-electron chi connectivity index (χ3n) is 3.69. The lowest BCUT2D eigenvalue weighted by molar-refractivity contribution is -0.127. The molecule has 0 aromatic heterocycles. The van der Waals surface area contributed by atoms with Gasteiger partial charge in [-0.3, -0.25) is 9.59 Å². The zero-order valence-corrected chi connectivity index (χ0v) is 12.1. The third kappa shape index (κ3) is 3.72. The fourth-order valence-corrected chi connectivity index (χ4v) is 2.26. The smallest absolute Gasteiger partial charge is 0.239 e. The van der Waals surface area contributed by atoms with Crippen molar-refractivity contribution in [3.05, 3.63) is 29.8 Å². The van der Waals surface area contributed by atoms with Crippen LogP contribution in [0.25, 0.3) is 0 Å². The number of amides is 2. The minimum absolute atomic E-state index is 0.0146. The van der Waals surface area contributed by atoms with Crippen LogP contribution in [-0.4, -0.2) is 38.6 Å². The van der Waals surface area contributed by atoms with Crippen LogP contribution in [0, 0.1) is 0 Å². The van der Waals surface area contributed by atoms with E-state index in [1.54, 1.807) is 19.2 Å². The number of benzene rings is 1. The number of carbonyl (C=O) groups excluding carboxylic acids is 2. The lowest BCUT2D eigenvalue weighted by Crippen LogP contribution is -2.42. The molecule has 1 aliphatic carbocycles. The number of nitrogen functional groups attached to an aromatic ring is 1. The molecule has 6 heteroatoms. The Morgan fingerprint density at radius 2 is 1.90 bits per heavy atom. The fraction of sp³-hybridized carbons (Fsp3) is 0.467. The molecule has 0 unspecified atom stereocenters. The van der Waals surface area contributed by atoms with Gasteiger partial charge in [-0.25, -0.2) is 0 Å².